The number of fused-ring (bicyclic) bond motifs is 1. The van der Waals surface area contributed by atoms with E-state index in [4.69, 9.17) is 10.5 Å². The molecule has 0 aliphatic rings. The third kappa shape index (κ3) is 9.02. The summed E-state index contributed by atoms with van der Waals surface area (Å²) in [7, 11) is 0. The van der Waals surface area contributed by atoms with Gasteiger partial charge in [-0.25, -0.2) is 4.39 Å². The number of carbonyl (C=O) groups is 2. The van der Waals surface area contributed by atoms with E-state index in [1.54, 1.807) is 42.7 Å². The van der Waals surface area contributed by atoms with Crippen LogP contribution in [0.5, 0.6) is 5.75 Å². The second-order valence-electron chi connectivity index (χ2n) is 11.3. The summed E-state index contributed by atoms with van der Waals surface area (Å²) in [5.41, 5.74) is 10.1. The molecule has 0 aliphatic heterocycles. The van der Waals surface area contributed by atoms with Crippen LogP contribution < -0.4 is 21.1 Å². The van der Waals surface area contributed by atoms with Gasteiger partial charge in [0.2, 0.25) is 5.91 Å². The van der Waals surface area contributed by atoms with Crippen LogP contribution in [0.3, 0.4) is 0 Å². The number of hydrogen-bond acceptors (Lipinski definition) is 6. The number of benzene rings is 3. The molecule has 0 radical (unpaired) electrons. The van der Waals surface area contributed by atoms with Crippen molar-refractivity contribution in [3.05, 3.63) is 126 Å². The number of nitrogens with two attached hydrogens (primary N) is 1. The van der Waals surface area contributed by atoms with Gasteiger partial charge in [0.25, 0.3) is 5.91 Å². The minimum absolute atomic E-state index is 0.183. The zero-order valence-corrected chi connectivity index (χ0v) is 26.0. The first-order chi connectivity index (χ1) is 22.9. The lowest BCUT2D eigenvalue weighted by atomic mass is 10.1. The van der Waals surface area contributed by atoms with Crippen LogP contribution in [0.15, 0.2) is 97.5 Å². The standard InChI is InChI=1S/C37H37FN6O3/c38-30-12-8-26(9-13-30)23-44-24-29(32-6-1-2-7-34(32)44)11-15-36(45)43-33-21-28(37(46)42-31(22-40)5-3-4-18-39)10-14-35(33)47-25-27-16-19-41-20-17-27/h1-2,6-10,12-14,16-17,19-21,24,31H,3-5,11,15,18,23,25,39H2,(H,42,46)(H,43,45)/t31-/m0/s1. The third-order valence-corrected chi connectivity index (χ3v) is 7.83. The zero-order chi connectivity index (χ0) is 33.0. The fourth-order valence-electron chi connectivity index (χ4n) is 5.34. The fourth-order valence-corrected chi connectivity index (χ4v) is 5.34. The Balaban J connectivity index is 1.31. The second kappa shape index (κ2) is 16.2. The predicted molar refractivity (Wildman–Crippen MR) is 179 cm³/mol. The van der Waals surface area contributed by atoms with E-state index >= 15 is 0 Å². The van der Waals surface area contributed by atoms with Crippen molar-refractivity contribution >= 4 is 28.4 Å². The van der Waals surface area contributed by atoms with E-state index in [1.165, 1.54) is 12.1 Å². The zero-order valence-electron chi connectivity index (χ0n) is 26.0. The Morgan fingerprint density at radius 1 is 1.00 bits per heavy atom. The number of unbranched alkanes of at least 4 members (excludes halogenated alkanes) is 1. The van der Waals surface area contributed by atoms with Crippen LogP contribution >= 0.6 is 0 Å². The van der Waals surface area contributed by atoms with Crippen molar-refractivity contribution in [2.24, 2.45) is 5.73 Å². The number of ether oxygens (including phenoxy) is 1. The molecule has 0 fully saturated rings. The molecule has 5 aromatic rings. The van der Waals surface area contributed by atoms with Gasteiger partial charge in [0, 0.05) is 48.0 Å². The molecular weight excluding hydrogens is 595 g/mol. The number of halogens is 1. The first-order valence-corrected chi connectivity index (χ1v) is 15.6. The van der Waals surface area contributed by atoms with Crippen molar-refractivity contribution in [3.8, 4) is 11.8 Å². The normalized spacial score (nSPS) is 11.5. The third-order valence-electron chi connectivity index (χ3n) is 7.83. The number of hydrogen-bond donors (Lipinski definition) is 3. The van der Waals surface area contributed by atoms with E-state index in [2.05, 4.69) is 26.3 Å². The van der Waals surface area contributed by atoms with Crippen LogP contribution in [0, 0.1) is 17.1 Å². The lowest BCUT2D eigenvalue weighted by Crippen LogP contribution is -2.33. The predicted octanol–water partition coefficient (Wildman–Crippen LogP) is 6.12. The summed E-state index contributed by atoms with van der Waals surface area (Å²) in [6, 6.07) is 24.4. The minimum atomic E-state index is -0.653. The maximum absolute atomic E-state index is 13.4. The Bertz CT molecular complexity index is 1850. The van der Waals surface area contributed by atoms with E-state index in [9.17, 15) is 19.2 Å². The summed E-state index contributed by atoms with van der Waals surface area (Å²) in [5, 5.41) is 16.3. The van der Waals surface area contributed by atoms with Crippen molar-refractivity contribution in [1.29, 1.82) is 5.26 Å². The largest absolute Gasteiger partial charge is 0.487 e. The van der Waals surface area contributed by atoms with Gasteiger partial charge in [-0.3, -0.25) is 14.6 Å². The summed E-state index contributed by atoms with van der Waals surface area (Å²) in [5.74, 6) is -0.542. The molecule has 1 atom stereocenters. The highest BCUT2D eigenvalue weighted by Gasteiger charge is 2.17. The number of aryl methyl sites for hydroxylation is 1. The molecule has 0 bridgehead atoms. The van der Waals surface area contributed by atoms with Gasteiger partial charge in [-0.05, 0) is 97.4 Å². The Labute approximate surface area is 273 Å². The molecule has 0 saturated heterocycles. The van der Waals surface area contributed by atoms with E-state index in [0.717, 1.165) is 40.4 Å². The molecule has 0 spiro atoms. The Hall–Kier alpha value is -5.53. The highest BCUT2D eigenvalue weighted by atomic mass is 19.1. The first-order valence-electron chi connectivity index (χ1n) is 15.6. The molecule has 0 unspecified atom stereocenters. The minimum Gasteiger partial charge on any atom is -0.487 e. The van der Waals surface area contributed by atoms with Crippen LogP contribution in [0.1, 0.15) is 52.7 Å². The summed E-state index contributed by atoms with van der Waals surface area (Å²) in [6.45, 7) is 1.33. The Morgan fingerprint density at radius 3 is 2.55 bits per heavy atom. The highest BCUT2D eigenvalue weighted by Crippen LogP contribution is 2.28. The van der Waals surface area contributed by atoms with Gasteiger partial charge in [0.15, 0.2) is 0 Å². The lowest BCUT2D eigenvalue weighted by Gasteiger charge is -2.16. The molecule has 2 aromatic heterocycles. The van der Waals surface area contributed by atoms with Gasteiger partial charge < -0.3 is 25.7 Å². The number of nitrogens with zero attached hydrogens (tertiary/aromatic N) is 3. The van der Waals surface area contributed by atoms with Crippen LogP contribution in [-0.4, -0.2) is 34.0 Å². The Morgan fingerprint density at radius 2 is 1.79 bits per heavy atom. The SMILES string of the molecule is N#C[C@H](CCCCN)NC(=O)c1ccc(OCc2ccncc2)c(NC(=O)CCc2cn(Cc3ccc(F)cc3)c3ccccc23)c1. The quantitative estimate of drug-likeness (QED) is 0.119. The Kier molecular flexibility index (Phi) is 11.3. The summed E-state index contributed by atoms with van der Waals surface area (Å²) in [4.78, 5) is 30.5. The van der Waals surface area contributed by atoms with Crippen molar-refractivity contribution in [2.45, 2.75) is 51.3 Å². The van der Waals surface area contributed by atoms with Crippen LogP contribution in [0.4, 0.5) is 10.1 Å². The van der Waals surface area contributed by atoms with Crippen LogP contribution in [0.2, 0.25) is 0 Å². The molecule has 47 heavy (non-hydrogen) atoms. The number of anilines is 1. The van der Waals surface area contributed by atoms with E-state index < -0.39 is 11.9 Å². The molecule has 0 saturated carbocycles. The average Bonchev–Trinajstić information content (AvgIpc) is 3.44. The van der Waals surface area contributed by atoms with Gasteiger partial charge in [-0.2, -0.15) is 5.26 Å². The lowest BCUT2D eigenvalue weighted by molar-refractivity contribution is -0.116. The first kappa shape index (κ1) is 32.9. The number of rotatable bonds is 15. The molecule has 4 N–H and O–H groups in total. The summed E-state index contributed by atoms with van der Waals surface area (Å²) in [6.07, 6.45) is 8.02. The van der Waals surface area contributed by atoms with Crippen LogP contribution in [0.25, 0.3) is 10.9 Å². The topological polar surface area (TPSA) is 135 Å². The van der Waals surface area contributed by atoms with Gasteiger partial charge in [-0.1, -0.05) is 30.3 Å². The number of carbonyl (C=O) groups excluding carboxylic acids is 2. The van der Waals surface area contributed by atoms with E-state index in [-0.39, 0.29) is 24.8 Å². The fraction of sp³-hybridized carbons (Fsp3) is 0.243. The van der Waals surface area contributed by atoms with Crippen molar-refractivity contribution in [3.63, 3.8) is 0 Å². The van der Waals surface area contributed by atoms with Crippen molar-refractivity contribution in [1.82, 2.24) is 14.9 Å². The molecule has 9 nitrogen and oxygen atoms in total. The number of nitriles is 1. The number of nitrogens with one attached hydrogen (secondary N) is 2. The molecule has 10 heteroatoms. The summed E-state index contributed by atoms with van der Waals surface area (Å²) < 4.78 is 21.6. The van der Waals surface area contributed by atoms with Gasteiger partial charge in [0.05, 0.1) is 11.8 Å². The van der Waals surface area contributed by atoms with E-state index in [0.29, 0.717) is 42.9 Å². The van der Waals surface area contributed by atoms with Crippen molar-refractivity contribution in [2.75, 3.05) is 11.9 Å². The smallest absolute Gasteiger partial charge is 0.252 e. The van der Waals surface area contributed by atoms with E-state index in [1.807, 2.05) is 42.6 Å². The number of pyridine rings is 1. The molecule has 2 heterocycles. The maximum atomic E-state index is 13.4. The van der Waals surface area contributed by atoms with Gasteiger partial charge in [-0.15, -0.1) is 0 Å². The monoisotopic (exact) mass is 632 g/mol. The second-order valence-corrected chi connectivity index (χ2v) is 11.3. The summed E-state index contributed by atoms with van der Waals surface area (Å²) >= 11 is 0. The highest BCUT2D eigenvalue weighted by molar-refractivity contribution is 5.98. The van der Waals surface area contributed by atoms with Crippen molar-refractivity contribution < 1.29 is 18.7 Å². The molecular formula is C37H37FN6O3. The molecule has 0 aliphatic carbocycles. The van der Waals surface area contributed by atoms with Gasteiger partial charge >= 0.3 is 0 Å². The van der Waals surface area contributed by atoms with Gasteiger partial charge in [0.1, 0.15) is 24.2 Å². The molecule has 3 aromatic carbocycles. The molecule has 240 valence electrons. The van der Waals surface area contributed by atoms with Crippen LogP contribution in [-0.2, 0) is 24.4 Å². The maximum Gasteiger partial charge on any atom is 0.252 e. The molecule has 2 amide bonds. The number of aromatic nitrogens is 2. The number of para-hydroxylation sites is 1. The molecule has 5 rings (SSSR count). The number of amides is 2. The average molecular weight is 633 g/mol.